The second-order valence-electron chi connectivity index (χ2n) is 11.4. The van der Waals surface area contributed by atoms with Gasteiger partial charge < -0.3 is 15.4 Å². The molecule has 5 rings (SSSR count). The average molecular weight is 635 g/mol. The minimum Gasteiger partial charge on any atom is -0.486 e. The van der Waals surface area contributed by atoms with Crippen LogP contribution in [0.4, 0.5) is 10.1 Å². The lowest BCUT2D eigenvalue weighted by molar-refractivity contribution is -0.131. The fourth-order valence-electron chi connectivity index (χ4n) is 5.97. The van der Waals surface area contributed by atoms with Gasteiger partial charge in [-0.3, -0.25) is 9.59 Å². The molecule has 1 spiro atoms. The van der Waals surface area contributed by atoms with Crippen molar-refractivity contribution in [3.8, 4) is 5.75 Å². The number of nitrogens with one attached hydrogen (secondary N) is 3. The molecule has 2 amide bonds. The molecule has 222 valence electrons. The molecular weight excluding hydrogens is 604 g/mol. The largest absolute Gasteiger partial charge is 0.486 e. The summed E-state index contributed by atoms with van der Waals surface area (Å²) in [5, 5.41) is 6.69. The SMILES string of the molecule is Cc1ccc(F)cc1C1NC(=O)CC(c2cc(Cl)ccc2OC(C)(C)CNS(C)(=O)=O)C12C(=O)Nc1cc(Cl)ccc12. The van der Waals surface area contributed by atoms with E-state index in [4.69, 9.17) is 27.9 Å². The zero-order valence-electron chi connectivity index (χ0n) is 23.3. The molecule has 3 aromatic carbocycles. The molecule has 0 aliphatic carbocycles. The zero-order valence-corrected chi connectivity index (χ0v) is 25.7. The number of anilines is 1. The van der Waals surface area contributed by atoms with Gasteiger partial charge in [0.1, 0.15) is 22.6 Å². The minimum absolute atomic E-state index is 0.0445. The van der Waals surface area contributed by atoms with Crippen LogP contribution in [-0.2, 0) is 25.0 Å². The monoisotopic (exact) mass is 633 g/mol. The number of amides is 2. The Morgan fingerprint density at radius 3 is 2.45 bits per heavy atom. The van der Waals surface area contributed by atoms with Gasteiger partial charge in [-0.2, -0.15) is 0 Å². The second-order valence-corrected chi connectivity index (χ2v) is 14.1. The van der Waals surface area contributed by atoms with E-state index in [1.807, 2.05) is 0 Å². The molecule has 2 aliphatic rings. The molecule has 3 atom stereocenters. The maximum Gasteiger partial charge on any atom is 0.238 e. The Morgan fingerprint density at radius 1 is 1.05 bits per heavy atom. The van der Waals surface area contributed by atoms with Gasteiger partial charge in [0, 0.05) is 40.2 Å². The van der Waals surface area contributed by atoms with Gasteiger partial charge >= 0.3 is 0 Å². The van der Waals surface area contributed by atoms with Crippen LogP contribution in [-0.4, -0.2) is 38.6 Å². The van der Waals surface area contributed by atoms with E-state index in [1.54, 1.807) is 63.2 Å². The summed E-state index contributed by atoms with van der Waals surface area (Å²) in [5.74, 6) is -1.76. The van der Waals surface area contributed by atoms with Crippen molar-refractivity contribution in [2.75, 3.05) is 18.1 Å². The Balaban J connectivity index is 1.75. The molecule has 8 nitrogen and oxygen atoms in total. The molecule has 0 saturated carbocycles. The van der Waals surface area contributed by atoms with Crippen molar-refractivity contribution in [2.24, 2.45) is 0 Å². The number of carbonyl (C=O) groups is 2. The summed E-state index contributed by atoms with van der Waals surface area (Å²) in [6.07, 6.45) is 0.942. The molecule has 1 fully saturated rings. The molecule has 1 saturated heterocycles. The summed E-state index contributed by atoms with van der Waals surface area (Å²) in [5.41, 5.74) is 0.193. The van der Waals surface area contributed by atoms with Crippen LogP contribution >= 0.6 is 23.2 Å². The average Bonchev–Trinajstić information content (AvgIpc) is 3.17. The molecular formula is C30H30Cl2FN3O5S. The number of aryl methyl sites for hydroxylation is 1. The standard InChI is InChI=1S/C30H30Cl2FN3O5S/c1-16-5-8-19(33)13-20(16)27-30(22-9-6-18(32)12-24(22)35-28(30)38)23(14-26(37)36-27)21-11-17(31)7-10-25(21)41-29(2,3)15-34-42(4,39)40/h5-13,23,27,34H,14-15H2,1-4H3,(H,35,38)(H,36,37). The number of piperidine rings is 1. The van der Waals surface area contributed by atoms with E-state index in [-0.39, 0.29) is 18.9 Å². The van der Waals surface area contributed by atoms with Gasteiger partial charge in [-0.25, -0.2) is 17.5 Å². The molecule has 0 bridgehead atoms. The number of rotatable bonds is 7. The van der Waals surface area contributed by atoms with Crippen molar-refractivity contribution >= 4 is 50.7 Å². The van der Waals surface area contributed by atoms with Crippen LogP contribution in [0.3, 0.4) is 0 Å². The fraction of sp³-hybridized carbons (Fsp3) is 0.333. The molecule has 3 N–H and O–H groups in total. The quantitative estimate of drug-likeness (QED) is 0.323. The van der Waals surface area contributed by atoms with Crippen molar-refractivity contribution in [3.05, 3.63) is 92.7 Å². The summed E-state index contributed by atoms with van der Waals surface area (Å²) in [7, 11) is -3.50. The van der Waals surface area contributed by atoms with Gasteiger partial charge in [-0.1, -0.05) is 35.3 Å². The minimum atomic E-state index is -3.50. The lowest BCUT2D eigenvalue weighted by atomic mass is 9.59. The number of hydrogen-bond acceptors (Lipinski definition) is 5. The van der Waals surface area contributed by atoms with Gasteiger partial charge in [0.25, 0.3) is 0 Å². The van der Waals surface area contributed by atoms with Crippen molar-refractivity contribution in [2.45, 2.75) is 50.2 Å². The van der Waals surface area contributed by atoms with Crippen LogP contribution in [0.25, 0.3) is 0 Å². The first kappa shape index (κ1) is 30.3. The van der Waals surface area contributed by atoms with Crippen LogP contribution < -0.4 is 20.1 Å². The smallest absolute Gasteiger partial charge is 0.238 e. The van der Waals surface area contributed by atoms with Gasteiger partial charge in [-0.05, 0) is 79.9 Å². The first-order valence-corrected chi connectivity index (χ1v) is 15.9. The molecule has 2 heterocycles. The van der Waals surface area contributed by atoms with Gasteiger partial charge in [0.15, 0.2) is 0 Å². The second kappa shape index (κ2) is 10.8. The number of benzene rings is 3. The number of halogens is 3. The predicted molar refractivity (Wildman–Crippen MR) is 160 cm³/mol. The van der Waals surface area contributed by atoms with Crippen molar-refractivity contribution in [1.29, 1.82) is 0 Å². The van der Waals surface area contributed by atoms with Crippen LogP contribution in [0, 0.1) is 12.7 Å². The highest BCUT2D eigenvalue weighted by atomic mass is 35.5. The Labute approximate surface area is 254 Å². The van der Waals surface area contributed by atoms with Gasteiger partial charge in [0.05, 0.1) is 12.3 Å². The summed E-state index contributed by atoms with van der Waals surface area (Å²) in [4.78, 5) is 27.8. The van der Waals surface area contributed by atoms with Crippen LogP contribution in [0.1, 0.15) is 54.5 Å². The molecule has 0 aromatic heterocycles. The van der Waals surface area contributed by atoms with E-state index < -0.39 is 44.7 Å². The molecule has 12 heteroatoms. The number of sulfonamides is 1. The van der Waals surface area contributed by atoms with Gasteiger partial charge in [-0.15, -0.1) is 0 Å². The maximum atomic E-state index is 14.7. The molecule has 0 radical (unpaired) electrons. The molecule has 3 aromatic rings. The normalized spacial score (nSPS) is 22.1. The van der Waals surface area contributed by atoms with E-state index in [0.29, 0.717) is 43.7 Å². The Bertz CT molecular complexity index is 1710. The fourth-order valence-corrected chi connectivity index (χ4v) is 6.93. The summed E-state index contributed by atoms with van der Waals surface area (Å²) >= 11 is 12.8. The highest BCUT2D eigenvalue weighted by Crippen LogP contribution is 2.59. The first-order valence-electron chi connectivity index (χ1n) is 13.2. The molecule has 42 heavy (non-hydrogen) atoms. The number of hydrogen-bond donors (Lipinski definition) is 3. The number of carbonyl (C=O) groups excluding carboxylic acids is 2. The number of fused-ring (bicyclic) bond motifs is 2. The Hall–Kier alpha value is -3.18. The lowest BCUT2D eigenvalue weighted by Crippen LogP contribution is -2.57. The summed E-state index contributed by atoms with van der Waals surface area (Å²) in [6.45, 7) is 5.17. The molecule has 2 aliphatic heterocycles. The van der Waals surface area contributed by atoms with E-state index >= 15 is 0 Å². The highest BCUT2D eigenvalue weighted by molar-refractivity contribution is 7.88. The highest BCUT2D eigenvalue weighted by Gasteiger charge is 2.62. The van der Waals surface area contributed by atoms with E-state index in [9.17, 15) is 22.4 Å². The van der Waals surface area contributed by atoms with E-state index in [2.05, 4.69) is 15.4 Å². The third-order valence-corrected chi connectivity index (χ3v) is 8.94. The molecule has 3 unspecified atom stereocenters. The first-order chi connectivity index (χ1) is 19.6. The predicted octanol–water partition coefficient (Wildman–Crippen LogP) is 5.38. The zero-order chi connectivity index (χ0) is 30.6. The topological polar surface area (TPSA) is 114 Å². The lowest BCUT2D eigenvalue weighted by Gasteiger charge is -2.47. The third-order valence-electron chi connectivity index (χ3n) is 7.80. The Morgan fingerprint density at radius 2 is 1.74 bits per heavy atom. The van der Waals surface area contributed by atoms with E-state index in [1.165, 1.54) is 12.1 Å². The van der Waals surface area contributed by atoms with E-state index in [0.717, 1.165) is 6.26 Å². The van der Waals surface area contributed by atoms with Crippen LogP contribution in [0.15, 0.2) is 54.6 Å². The third kappa shape index (κ3) is 5.60. The van der Waals surface area contributed by atoms with Crippen LogP contribution in [0.2, 0.25) is 10.0 Å². The summed E-state index contributed by atoms with van der Waals surface area (Å²) in [6, 6.07) is 13.3. The van der Waals surface area contributed by atoms with Gasteiger partial charge in [0.2, 0.25) is 21.8 Å². The van der Waals surface area contributed by atoms with Crippen molar-refractivity contribution in [3.63, 3.8) is 0 Å². The van der Waals surface area contributed by atoms with Crippen molar-refractivity contribution < 1.29 is 27.1 Å². The van der Waals surface area contributed by atoms with Crippen LogP contribution in [0.5, 0.6) is 5.75 Å². The number of ether oxygens (including phenoxy) is 1. The summed E-state index contributed by atoms with van der Waals surface area (Å²) < 4.78 is 47.1. The maximum absolute atomic E-state index is 14.7. The Kier molecular flexibility index (Phi) is 7.81. The van der Waals surface area contributed by atoms with Crippen molar-refractivity contribution in [1.82, 2.24) is 10.0 Å².